The van der Waals surface area contributed by atoms with E-state index >= 15 is 0 Å². The van der Waals surface area contributed by atoms with Crippen LogP contribution in [0.3, 0.4) is 0 Å². The SMILES string of the molecule is CCOc1ccccc1CCC(=O)NCC(=O)NCc1ccco1. The fraction of sp³-hybridized carbons (Fsp3) is 0.333. The Morgan fingerprint density at radius 1 is 1.08 bits per heavy atom. The van der Waals surface area contributed by atoms with Gasteiger partial charge in [0.05, 0.1) is 26.0 Å². The number of amides is 2. The number of para-hydroxylation sites is 1. The van der Waals surface area contributed by atoms with Crippen LogP contribution in [0, 0.1) is 0 Å². The van der Waals surface area contributed by atoms with E-state index in [1.165, 1.54) is 0 Å². The Bertz CT molecular complexity index is 653. The Labute approximate surface area is 141 Å². The van der Waals surface area contributed by atoms with Gasteiger partial charge in [0.2, 0.25) is 11.8 Å². The van der Waals surface area contributed by atoms with Crippen LogP contribution in [-0.2, 0) is 22.6 Å². The lowest BCUT2D eigenvalue weighted by Gasteiger charge is -2.10. The molecule has 0 saturated carbocycles. The first-order valence-corrected chi connectivity index (χ1v) is 7.95. The highest BCUT2D eigenvalue weighted by molar-refractivity contribution is 5.84. The molecule has 0 aliphatic rings. The highest BCUT2D eigenvalue weighted by atomic mass is 16.5. The van der Waals surface area contributed by atoms with Crippen LogP contribution in [0.2, 0.25) is 0 Å². The fourth-order valence-electron chi connectivity index (χ4n) is 2.18. The molecule has 2 N–H and O–H groups in total. The Morgan fingerprint density at radius 2 is 1.92 bits per heavy atom. The molecule has 0 aliphatic carbocycles. The average Bonchev–Trinajstić information content (AvgIpc) is 3.11. The molecule has 0 bridgehead atoms. The van der Waals surface area contributed by atoms with Crippen LogP contribution in [0.1, 0.15) is 24.7 Å². The van der Waals surface area contributed by atoms with Gasteiger partial charge in [-0.15, -0.1) is 0 Å². The number of aryl methyl sites for hydroxylation is 1. The quantitative estimate of drug-likeness (QED) is 0.737. The van der Waals surface area contributed by atoms with Crippen molar-refractivity contribution in [3.63, 3.8) is 0 Å². The van der Waals surface area contributed by atoms with Crippen LogP contribution in [-0.4, -0.2) is 25.0 Å². The van der Waals surface area contributed by atoms with Crippen molar-refractivity contribution in [1.82, 2.24) is 10.6 Å². The second kappa shape index (κ2) is 9.39. The standard InChI is InChI=1S/C18H22N2O4/c1-2-23-16-8-4-3-6-14(16)9-10-17(21)20-13-18(22)19-12-15-7-5-11-24-15/h3-8,11H,2,9-10,12-13H2,1H3,(H,19,22)(H,20,21). The number of hydrogen-bond donors (Lipinski definition) is 2. The normalized spacial score (nSPS) is 10.2. The van der Waals surface area contributed by atoms with Crippen molar-refractivity contribution in [3.05, 3.63) is 54.0 Å². The second-order valence-electron chi connectivity index (χ2n) is 5.17. The summed E-state index contributed by atoms with van der Waals surface area (Å²) in [7, 11) is 0. The smallest absolute Gasteiger partial charge is 0.239 e. The van der Waals surface area contributed by atoms with Crippen LogP contribution < -0.4 is 15.4 Å². The molecule has 0 aliphatic heterocycles. The molecule has 24 heavy (non-hydrogen) atoms. The van der Waals surface area contributed by atoms with Gasteiger partial charge in [0.25, 0.3) is 0 Å². The summed E-state index contributed by atoms with van der Waals surface area (Å²) in [6.07, 6.45) is 2.41. The Balaban J connectivity index is 1.68. The Kier molecular flexibility index (Phi) is 6.89. The van der Waals surface area contributed by atoms with Crippen molar-refractivity contribution in [2.24, 2.45) is 0 Å². The molecular formula is C18H22N2O4. The van der Waals surface area contributed by atoms with Gasteiger partial charge < -0.3 is 19.8 Å². The van der Waals surface area contributed by atoms with E-state index in [1.807, 2.05) is 31.2 Å². The number of rotatable bonds is 9. The van der Waals surface area contributed by atoms with Crippen molar-refractivity contribution in [2.75, 3.05) is 13.2 Å². The first kappa shape index (κ1) is 17.6. The summed E-state index contributed by atoms with van der Waals surface area (Å²) in [6, 6.07) is 11.2. The number of carbonyl (C=O) groups excluding carboxylic acids is 2. The largest absolute Gasteiger partial charge is 0.494 e. The predicted octanol–water partition coefficient (Wildman–Crippen LogP) is 2.04. The van der Waals surface area contributed by atoms with Crippen LogP contribution in [0.15, 0.2) is 47.1 Å². The number of nitrogens with one attached hydrogen (secondary N) is 2. The van der Waals surface area contributed by atoms with Gasteiger partial charge in [0.1, 0.15) is 11.5 Å². The van der Waals surface area contributed by atoms with Crippen molar-refractivity contribution in [2.45, 2.75) is 26.3 Å². The Morgan fingerprint density at radius 3 is 2.67 bits per heavy atom. The molecule has 128 valence electrons. The van der Waals surface area contributed by atoms with Gasteiger partial charge in [-0.2, -0.15) is 0 Å². The number of carbonyl (C=O) groups is 2. The zero-order chi connectivity index (χ0) is 17.2. The van der Waals surface area contributed by atoms with E-state index in [0.717, 1.165) is 11.3 Å². The van der Waals surface area contributed by atoms with Gasteiger partial charge in [0.15, 0.2) is 0 Å². The maximum absolute atomic E-state index is 11.9. The van der Waals surface area contributed by atoms with E-state index in [9.17, 15) is 9.59 Å². The van der Waals surface area contributed by atoms with Crippen LogP contribution in [0.5, 0.6) is 5.75 Å². The number of benzene rings is 1. The molecule has 1 aromatic heterocycles. The minimum atomic E-state index is -0.255. The topological polar surface area (TPSA) is 80.6 Å². The van der Waals surface area contributed by atoms with Crippen molar-refractivity contribution >= 4 is 11.8 Å². The van der Waals surface area contributed by atoms with E-state index < -0.39 is 0 Å². The molecule has 0 spiro atoms. The second-order valence-corrected chi connectivity index (χ2v) is 5.17. The maximum Gasteiger partial charge on any atom is 0.239 e. The highest BCUT2D eigenvalue weighted by Gasteiger charge is 2.08. The summed E-state index contributed by atoms with van der Waals surface area (Å²) in [6.45, 7) is 2.76. The summed E-state index contributed by atoms with van der Waals surface area (Å²) < 4.78 is 10.6. The van der Waals surface area contributed by atoms with E-state index in [1.54, 1.807) is 18.4 Å². The Hall–Kier alpha value is -2.76. The molecule has 0 radical (unpaired) electrons. The lowest BCUT2D eigenvalue weighted by Crippen LogP contribution is -2.36. The van der Waals surface area contributed by atoms with Gasteiger partial charge >= 0.3 is 0 Å². The lowest BCUT2D eigenvalue weighted by molar-refractivity contribution is -0.126. The van der Waals surface area contributed by atoms with Gasteiger partial charge in [0, 0.05) is 6.42 Å². The van der Waals surface area contributed by atoms with Gasteiger partial charge in [-0.05, 0) is 37.1 Å². The summed E-state index contributed by atoms with van der Waals surface area (Å²) in [4.78, 5) is 23.5. The molecule has 0 atom stereocenters. The number of ether oxygens (including phenoxy) is 1. The van der Waals surface area contributed by atoms with Gasteiger partial charge in [-0.3, -0.25) is 9.59 Å². The van der Waals surface area contributed by atoms with Crippen LogP contribution >= 0.6 is 0 Å². The van der Waals surface area contributed by atoms with Gasteiger partial charge in [-0.25, -0.2) is 0 Å². The molecule has 2 rings (SSSR count). The third-order valence-electron chi connectivity index (χ3n) is 3.38. The zero-order valence-electron chi connectivity index (χ0n) is 13.7. The average molecular weight is 330 g/mol. The summed E-state index contributed by atoms with van der Waals surface area (Å²) in [5, 5.41) is 5.28. The molecule has 6 heteroatoms. The highest BCUT2D eigenvalue weighted by Crippen LogP contribution is 2.19. The third-order valence-corrected chi connectivity index (χ3v) is 3.38. The maximum atomic E-state index is 11.9. The number of furan rings is 1. The molecule has 6 nitrogen and oxygen atoms in total. The van der Waals surface area contributed by atoms with E-state index in [0.29, 0.717) is 31.8 Å². The monoisotopic (exact) mass is 330 g/mol. The summed E-state index contributed by atoms with van der Waals surface area (Å²) >= 11 is 0. The van der Waals surface area contributed by atoms with Crippen LogP contribution in [0.4, 0.5) is 0 Å². The zero-order valence-corrected chi connectivity index (χ0v) is 13.7. The minimum Gasteiger partial charge on any atom is -0.494 e. The van der Waals surface area contributed by atoms with Crippen molar-refractivity contribution in [1.29, 1.82) is 0 Å². The molecule has 2 amide bonds. The lowest BCUT2D eigenvalue weighted by atomic mass is 10.1. The fourth-order valence-corrected chi connectivity index (χ4v) is 2.18. The molecule has 0 unspecified atom stereocenters. The van der Waals surface area contributed by atoms with Crippen LogP contribution in [0.25, 0.3) is 0 Å². The molecule has 1 heterocycles. The summed E-state index contributed by atoms with van der Waals surface area (Å²) in [5.74, 6) is 1.04. The van der Waals surface area contributed by atoms with Crippen molar-refractivity contribution in [3.8, 4) is 5.75 Å². The molecule has 0 saturated heterocycles. The molecule has 1 aromatic carbocycles. The first-order valence-electron chi connectivity index (χ1n) is 7.95. The third kappa shape index (κ3) is 5.79. The van der Waals surface area contributed by atoms with E-state index in [-0.39, 0.29) is 18.4 Å². The predicted molar refractivity (Wildman–Crippen MR) is 89.5 cm³/mol. The molecule has 2 aromatic rings. The van der Waals surface area contributed by atoms with E-state index in [2.05, 4.69) is 10.6 Å². The summed E-state index contributed by atoms with van der Waals surface area (Å²) in [5.41, 5.74) is 0.983. The first-order chi connectivity index (χ1) is 11.7. The molecular weight excluding hydrogens is 308 g/mol. The molecule has 0 fully saturated rings. The van der Waals surface area contributed by atoms with E-state index in [4.69, 9.17) is 9.15 Å². The van der Waals surface area contributed by atoms with Crippen molar-refractivity contribution < 1.29 is 18.7 Å². The minimum absolute atomic E-state index is 0.0490. The number of hydrogen-bond acceptors (Lipinski definition) is 4. The van der Waals surface area contributed by atoms with Gasteiger partial charge in [-0.1, -0.05) is 18.2 Å².